The predicted octanol–water partition coefficient (Wildman–Crippen LogP) is 12.3. The number of hydrogen-bond donors (Lipinski definition) is 0. The number of nitrogens with zero attached hydrogens (tertiary/aromatic N) is 2. The molecule has 0 bridgehead atoms. The molecule has 0 saturated carbocycles. The fourth-order valence-electron chi connectivity index (χ4n) is 9.04. The molecule has 0 N–H and O–H groups in total. The summed E-state index contributed by atoms with van der Waals surface area (Å²) in [4.78, 5) is 10.4. The van der Waals surface area contributed by atoms with Gasteiger partial charge in [0.1, 0.15) is 22.3 Å². The largest absolute Gasteiger partial charge is 0.456 e. The first-order valence-corrected chi connectivity index (χ1v) is 17.2. The van der Waals surface area contributed by atoms with E-state index >= 15 is 0 Å². The van der Waals surface area contributed by atoms with Crippen molar-refractivity contribution < 1.29 is 8.83 Å². The summed E-state index contributed by atoms with van der Waals surface area (Å²) >= 11 is 0. The lowest BCUT2D eigenvalue weighted by Crippen LogP contribution is -2.37. The van der Waals surface area contributed by atoms with Crippen LogP contribution in [0, 0.1) is 11.8 Å². The van der Waals surface area contributed by atoms with Crippen molar-refractivity contribution in [2.75, 3.05) is 0 Å². The second kappa shape index (κ2) is 10.1. The SMILES string of the molecule is CC(C)C1(C(C)C)c2ccccc2-c2cc3oc4ccc(-c5nc(-c6cccc7oc8ccccc8c67)c6ccccc6n5)cc4c3cc21. The smallest absolute Gasteiger partial charge is 0.160 e. The molecule has 49 heavy (non-hydrogen) atoms. The summed E-state index contributed by atoms with van der Waals surface area (Å²) in [6.45, 7) is 9.46. The zero-order valence-electron chi connectivity index (χ0n) is 27.9. The Morgan fingerprint density at radius 3 is 2.02 bits per heavy atom. The van der Waals surface area contributed by atoms with E-state index < -0.39 is 0 Å². The van der Waals surface area contributed by atoms with E-state index in [2.05, 4.69) is 119 Å². The van der Waals surface area contributed by atoms with E-state index in [1.165, 1.54) is 22.3 Å². The van der Waals surface area contributed by atoms with E-state index in [9.17, 15) is 0 Å². The molecule has 236 valence electrons. The number of benzene rings is 6. The third kappa shape index (κ3) is 3.80. The first-order valence-electron chi connectivity index (χ1n) is 17.2. The van der Waals surface area contributed by atoms with E-state index in [0.29, 0.717) is 17.7 Å². The molecule has 0 unspecified atom stereocenters. The predicted molar refractivity (Wildman–Crippen MR) is 201 cm³/mol. The molecule has 6 aromatic carbocycles. The molecular formula is C45H34N2O2. The van der Waals surface area contributed by atoms with Gasteiger partial charge in [-0.1, -0.05) is 100 Å². The summed E-state index contributed by atoms with van der Waals surface area (Å²) in [6, 6.07) is 42.7. The van der Waals surface area contributed by atoms with Crippen LogP contribution in [0.4, 0.5) is 0 Å². The Morgan fingerprint density at radius 2 is 1.16 bits per heavy atom. The van der Waals surface area contributed by atoms with E-state index in [0.717, 1.165) is 71.6 Å². The minimum atomic E-state index is -0.0873. The average molecular weight is 635 g/mol. The molecule has 0 aliphatic heterocycles. The fraction of sp³-hybridized carbons (Fsp3) is 0.156. The van der Waals surface area contributed by atoms with Gasteiger partial charge in [-0.2, -0.15) is 0 Å². The van der Waals surface area contributed by atoms with Gasteiger partial charge < -0.3 is 8.83 Å². The highest BCUT2D eigenvalue weighted by Crippen LogP contribution is 2.57. The van der Waals surface area contributed by atoms with Crippen LogP contribution >= 0.6 is 0 Å². The summed E-state index contributed by atoms with van der Waals surface area (Å²) in [7, 11) is 0. The van der Waals surface area contributed by atoms with Crippen molar-refractivity contribution in [1.29, 1.82) is 0 Å². The molecule has 0 radical (unpaired) electrons. The van der Waals surface area contributed by atoms with Gasteiger partial charge in [0.25, 0.3) is 0 Å². The van der Waals surface area contributed by atoms with Gasteiger partial charge in [-0.3, -0.25) is 0 Å². The number of fused-ring (bicyclic) bond motifs is 10. The van der Waals surface area contributed by atoms with Crippen LogP contribution in [0.25, 0.3) is 88.6 Å². The maximum atomic E-state index is 6.56. The van der Waals surface area contributed by atoms with Gasteiger partial charge in [0.2, 0.25) is 0 Å². The lowest BCUT2D eigenvalue weighted by Gasteiger charge is -2.40. The van der Waals surface area contributed by atoms with Gasteiger partial charge in [0, 0.05) is 43.5 Å². The van der Waals surface area contributed by atoms with Crippen LogP contribution in [0.1, 0.15) is 38.8 Å². The van der Waals surface area contributed by atoms with Crippen molar-refractivity contribution in [2.45, 2.75) is 33.1 Å². The van der Waals surface area contributed by atoms with E-state index in [1.54, 1.807) is 0 Å². The second-order valence-corrected chi connectivity index (χ2v) is 14.1. The third-order valence-corrected chi connectivity index (χ3v) is 11.1. The van der Waals surface area contributed by atoms with E-state index in [1.807, 2.05) is 30.3 Å². The fourth-order valence-corrected chi connectivity index (χ4v) is 9.04. The molecule has 0 amide bonds. The number of furan rings is 2. The van der Waals surface area contributed by atoms with Crippen molar-refractivity contribution in [3.05, 3.63) is 132 Å². The van der Waals surface area contributed by atoms with Crippen LogP contribution in [0.15, 0.2) is 130 Å². The Hall–Kier alpha value is -5.74. The normalized spacial score (nSPS) is 13.8. The van der Waals surface area contributed by atoms with Crippen LogP contribution in [-0.2, 0) is 5.41 Å². The molecule has 3 aromatic heterocycles. The van der Waals surface area contributed by atoms with Crippen molar-refractivity contribution in [2.24, 2.45) is 11.8 Å². The van der Waals surface area contributed by atoms with Crippen molar-refractivity contribution in [1.82, 2.24) is 9.97 Å². The Kier molecular flexibility index (Phi) is 5.85. The highest BCUT2D eigenvalue weighted by atomic mass is 16.3. The maximum absolute atomic E-state index is 6.56. The molecule has 0 atom stereocenters. The Balaban J connectivity index is 1.21. The molecule has 1 aliphatic rings. The minimum absolute atomic E-state index is 0.0873. The molecule has 0 fully saturated rings. The standard InChI is InChI=1S/C45H34N2O2/c1-25(2)45(26(3)4)35-16-8-5-12-28(35)32-24-41-34(23-36(32)45)33-22-27(20-21-39(33)49-41)44-46-37-17-9-6-13-29(37)43(47-44)31-15-11-19-40-42(31)30-14-7-10-18-38(30)48-40/h5-26H,1-4H3. The molecule has 3 heterocycles. The quantitative estimate of drug-likeness (QED) is 0.193. The Labute approximate surface area is 284 Å². The Morgan fingerprint density at radius 1 is 0.490 bits per heavy atom. The van der Waals surface area contributed by atoms with Crippen LogP contribution in [0.3, 0.4) is 0 Å². The maximum Gasteiger partial charge on any atom is 0.160 e. The van der Waals surface area contributed by atoms with Gasteiger partial charge in [-0.25, -0.2) is 9.97 Å². The second-order valence-electron chi connectivity index (χ2n) is 14.1. The van der Waals surface area contributed by atoms with Gasteiger partial charge in [0.15, 0.2) is 5.82 Å². The molecule has 4 heteroatoms. The van der Waals surface area contributed by atoms with Crippen LogP contribution in [0.2, 0.25) is 0 Å². The molecule has 0 spiro atoms. The average Bonchev–Trinajstić information content (AvgIpc) is 3.77. The van der Waals surface area contributed by atoms with Gasteiger partial charge >= 0.3 is 0 Å². The first kappa shape index (κ1) is 28.3. The highest BCUT2D eigenvalue weighted by molar-refractivity contribution is 6.14. The lowest BCUT2D eigenvalue weighted by molar-refractivity contribution is 0.280. The van der Waals surface area contributed by atoms with Crippen LogP contribution < -0.4 is 0 Å². The van der Waals surface area contributed by atoms with Crippen molar-refractivity contribution in [3.8, 4) is 33.8 Å². The Bertz CT molecular complexity index is 2790. The minimum Gasteiger partial charge on any atom is -0.456 e. The van der Waals surface area contributed by atoms with Gasteiger partial charge in [-0.05, 0) is 82.6 Å². The molecule has 10 rings (SSSR count). The van der Waals surface area contributed by atoms with Crippen LogP contribution in [0.5, 0.6) is 0 Å². The first-order chi connectivity index (χ1) is 23.9. The van der Waals surface area contributed by atoms with Crippen molar-refractivity contribution >= 4 is 54.8 Å². The van der Waals surface area contributed by atoms with Crippen molar-refractivity contribution in [3.63, 3.8) is 0 Å². The molecule has 0 saturated heterocycles. The molecular weight excluding hydrogens is 601 g/mol. The lowest BCUT2D eigenvalue weighted by atomic mass is 9.63. The summed E-state index contributed by atoms with van der Waals surface area (Å²) in [5.74, 6) is 1.52. The third-order valence-electron chi connectivity index (χ3n) is 11.1. The molecule has 1 aliphatic carbocycles. The van der Waals surface area contributed by atoms with Crippen LogP contribution in [-0.4, -0.2) is 9.97 Å². The topological polar surface area (TPSA) is 52.1 Å². The number of para-hydroxylation sites is 2. The van der Waals surface area contributed by atoms with Gasteiger partial charge in [0.05, 0.1) is 11.2 Å². The zero-order valence-corrected chi connectivity index (χ0v) is 27.9. The summed E-state index contributed by atoms with van der Waals surface area (Å²) in [6.07, 6.45) is 0. The number of aromatic nitrogens is 2. The monoisotopic (exact) mass is 634 g/mol. The summed E-state index contributed by atoms with van der Waals surface area (Å²) in [5.41, 5.74) is 12.6. The molecule has 4 nitrogen and oxygen atoms in total. The number of hydrogen-bond acceptors (Lipinski definition) is 4. The zero-order chi connectivity index (χ0) is 33.0. The summed E-state index contributed by atoms with van der Waals surface area (Å²) < 4.78 is 12.8. The highest BCUT2D eigenvalue weighted by Gasteiger charge is 2.48. The molecule has 9 aromatic rings. The van der Waals surface area contributed by atoms with E-state index in [-0.39, 0.29) is 5.41 Å². The van der Waals surface area contributed by atoms with E-state index in [4.69, 9.17) is 18.8 Å². The number of rotatable bonds is 4. The van der Waals surface area contributed by atoms with Gasteiger partial charge in [-0.15, -0.1) is 0 Å². The summed E-state index contributed by atoms with van der Waals surface area (Å²) in [5, 5.41) is 5.36.